The molecule has 0 amide bonds. The Hall–Kier alpha value is -2.46. The number of hydrogen-bond donors (Lipinski definition) is 0. The molecule has 0 bridgehead atoms. The molecule has 1 heterocycles. The molecule has 6 rings (SSSR count). The van der Waals surface area contributed by atoms with E-state index in [-0.39, 0.29) is 34.4 Å². The Morgan fingerprint density at radius 2 is 1.28 bits per heavy atom. The summed E-state index contributed by atoms with van der Waals surface area (Å²) in [5, 5.41) is 0. The second kappa shape index (κ2) is 14.5. The number of esters is 4. The molecular weight excluding hydrogens is 688 g/mol. The van der Waals surface area contributed by atoms with Gasteiger partial charge >= 0.3 is 23.9 Å². The summed E-state index contributed by atoms with van der Waals surface area (Å²) in [7, 11) is 0. The van der Waals surface area contributed by atoms with Crippen LogP contribution < -0.4 is 0 Å². The van der Waals surface area contributed by atoms with Crippen molar-refractivity contribution in [3.63, 3.8) is 0 Å². The molecule has 6 aliphatic rings. The highest BCUT2D eigenvalue weighted by Crippen LogP contribution is 2.77. The third-order valence-corrected chi connectivity index (χ3v) is 16.7. The number of hydrogen-bond acceptors (Lipinski definition) is 10. The fraction of sp³-hybridized carbons (Fsp3) is 0.864. The van der Waals surface area contributed by atoms with Crippen LogP contribution in [0.2, 0.25) is 0 Å². The number of allylic oxidation sites excluding steroid dienone is 1. The van der Waals surface area contributed by atoms with Crippen molar-refractivity contribution in [2.24, 2.45) is 56.7 Å². The molecule has 1 unspecified atom stereocenters. The summed E-state index contributed by atoms with van der Waals surface area (Å²) in [6.45, 7) is 26.6. The summed E-state index contributed by atoms with van der Waals surface area (Å²) in [5.41, 5.74) is 2.13. The molecule has 54 heavy (non-hydrogen) atoms. The first-order valence-corrected chi connectivity index (χ1v) is 20.7. The van der Waals surface area contributed by atoms with E-state index in [1.54, 1.807) is 0 Å². The van der Waals surface area contributed by atoms with Crippen molar-refractivity contribution in [3.8, 4) is 0 Å². The number of ether oxygens (including phenoxy) is 6. The van der Waals surface area contributed by atoms with Crippen LogP contribution in [-0.2, 0) is 47.6 Å². The third-order valence-electron chi connectivity index (χ3n) is 16.7. The van der Waals surface area contributed by atoms with Crippen molar-refractivity contribution in [1.82, 2.24) is 0 Å². The van der Waals surface area contributed by atoms with E-state index in [0.717, 1.165) is 31.1 Å². The van der Waals surface area contributed by atoms with Crippen LogP contribution in [0.25, 0.3) is 0 Å². The van der Waals surface area contributed by atoms with E-state index < -0.39 is 54.6 Å². The Morgan fingerprint density at radius 1 is 0.648 bits per heavy atom. The van der Waals surface area contributed by atoms with E-state index in [2.05, 4.69) is 55.0 Å². The zero-order valence-electron chi connectivity index (χ0n) is 34.9. The molecule has 0 aromatic carbocycles. The predicted molar refractivity (Wildman–Crippen MR) is 201 cm³/mol. The number of carbonyl (C=O) groups excluding carboxylic acids is 4. The largest absolute Gasteiger partial charge is 0.463 e. The Kier molecular flexibility index (Phi) is 11.0. The molecule has 304 valence electrons. The maximum atomic E-state index is 12.5. The molecule has 6 fully saturated rings. The van der Waals surface area contributed by atoms with Gasteiger partial charge in [-0.05, 0) is 128 Å². The van der Waals surface area contributed by atoms with Crippen LogP contribution in [0.5, 0.6) is 0 Å². The van der Waals surface area contributed by atoms with Gasteiger partial charge in [-0.25, -0.2) is 0 Å². The van der Waals surface area contributed by atoms with E-state index >= 15 is 0 Å². The lowest BCUT2D eigenvalue weighted by atomic mass is 9.32. The van der Waals surface area contributed by atoms with Crippen LogP contribution in [0.1, 0.15) is 140 Å². The standard InChI is InChI=1S/C44H68O10/c1-24(2)29-15-18-41(9)21-22-43(11)30(35(29)41)13-14-33-42(10)19-17-34(40(7,8)32(42)16-20-44(33,43)12)54-39-38(52-28(6)48)37(51-27(5)47)36(50-26(4)46)31(53-39)23-49-25(3)45/h29-39H,1,13-23H2,2-12H3/t29-,30+,31+,32-,33?,34+,35+,36+,37-,38+,39-,41+,42-,43+,44+/m0/s1. The highest BCUT2D eigenvalue weighted by atomic mass is 16.7. The quantitative estimate of drug-likeness (QED) is 0.104. The van der Waals surface area contributed by atoms with E-state index in [4.69, 9.17) is 28.4 Å². The van der Waals surface area contributed by atoms with E-state index in [0.29, 0.717) is 23.2 Å². The molecule has 0 radical (unpaired) electrons. The second-order valence-electron chi connectivity index (χ2n) is 19.9. The molecule has 0 spiro atoms. The van der Waals surface area contributed by atoms with Crippen LogP contribution in [0.4, 0.5) is 0 Å². The minimum absolute atomic E-state index is 0.107. The Bertz CT molecular complexity index is 1510. The van der Waals surface area contributed by atoms with Crippen LogP contribution in [0, 0.1) is 56.7 Å². The fourth-order valence-corrected chi connectivity index (χ4v) is 14.2. The maximum absolute atomic E-state index is 12.5. The Morgan fingerprint density at radius 3 is 1.89 bits per heavy atom. The monoisotopic (exact) mass is 756 g/mol. The van der Waals surface area contributed by atoms with E-state index in [1.165, 1.54) is 78.2 Å². The van der Waals surface area contributed by atoms with Gasteiger partial charge < -0.3 is 28.4 Å². The summed E-state index contributed by atoms with van der Waals surface area (Å²) in [4.78, 5) is 49.1. The average molecular weight is 757 g/mol. The van der Waals surface area contributed by atoms with Gasteiger partial charge in [-0.2, -0.15) is 0 Å². The van der Waals surface area contributed by atoms with Crippen LogP contribution >= 0.6 is 0 Å². The van der Waals surface area contributed by atoms with Crippen LogP contribution in [-0.4, -0.2) is 67.3 Å². The van der Waals surface area contributed by atoms with Crippen molar-refractivity contribution in [1.29, 1.82) is 0 Å². The van der Waals surface area contributed by atoms with Crippen molar-refractivity contribution >= 4 is 23.9 Å². The van der Waals surface area contributed by atoms with E-state index in [1.807, 2.05) is 0 Å². The van der Waals surface area contributed by atoms with Crippen molar-refractivity contribution in [2.45, 2.75) is 177 Å². The first-order valence-electron chi connectivity index (χ1n) is 20.7. The summed E-state index contributed by atoms with van der Waals surface area (Å²) in [5.74, 6) is 0.539. The average Bonchev–Trinajstić information content (AvgIpc) is 3.41. The smallest absolute Gasteiger partial charge is 0.303 e. The molecule has 0 N–H and O–H groups in total. The minimum Gasteiger partial charge on any atom is -0.463 e. The van der Waals surface area contributed by atoms with Crippen LogP contribution in [0.3, 0.4) is 0 Å². The lowest BCUT2D eigenvalue weighted by molar-refractivity contribution is -0.334. The molecule has 10 nitrogen and oxygen atoms in total. The van der Waals surface area contributed by atoms with Gasteiger partial charge in [0, 0.05) is 27.7 Å². The summed E-state index contributed by atoms with van der Waals surface area (Å²) in [6.07, 6.45) is 5.65. The second-order valence-corrected chi connectivity index (χ2v) is 19.9. The van der Waals surface area contributed by atoms with Gasteiger partial charge in [-0.1, -0.05) is 53.7 Å². The van der Waals surface area contributed by atoms with E-state index in [9.17, 15) is 19.2 Å². The fourth-order valence-electron chi connectivity index (χ4n) is 14.2. The Labute approximate surface area is 323 Å². The number of rotatable bonds is 8. The lowest BCUT2D eigenvalue weighted by Gasteiger charge is -2.73. The van der Waals surface area contributed by atoms with Gasteiger partial charge in [0.1, 0.15) is 12.7 Å². The molecule has 0 aromatic heterocycles. The first-order chi connectivity index (χ1) is 25.1. The topological polar surface area (TPSA) is 124 Å². The minimum atomic E-state index is -1.25. The summed E-state index contributed by atoms with van der Waals surface area (Å²) in [6, 6.07) is 0. The van der Waals surface area contributed by atoms with Gasteiger partial charge in [-0.15, -0.1) is 0 Å². The molecule has 15 atom stereocenters. The molecule has 10 heteroatoms. The van der Waals surface area contributed by atoms with Crippen LogP contribution in [0.15, 0.2) is 12.2 Å². The lowest BCUT2D eigenvalue weighted by Crippen LogP contribution is -2.67. The molecule has 5 aliphatic carbocycles. The zero-order chi connectivity index (χ0) is 39.8. The van der Waals surface area contributed by atoms with Gasteiger partial charge in [0.25, 0.3) is 0 Å². The van der Waals surface area contributed by atoms with Gasteiger partial charge in [0.05, 0.1) is 6.10 Å². The molecule has 5 saturated carbocycles. The molecule has 0 aromatic rings. The first kappa shape index (κ1) is 41.2. The maximum Gasteiger partial charge on any atom is 0.303 e. The number of carbonyl (C=O) groups is 4. The number of fused-ring (bicyclic) bond motifs is 7. The highest BCUT2D eigenvalue weighted by Gasteiger charge is 2.70. The van der Waals surface area contributed by atoms with Crippen molar-refractivity contribution < 1.29 is 47.6 Å². The summed E-state index contributed by atoms with van der Waals surface area (Å²) >= 11 is 0. The normalized spacial score (nSPS) is 46.4. The molecule has 1 aliphatic heterocycles. The third kappa shape index (κ3) is 6.75. The van der Waals surface area contributed by atoms with Crippen molar-refractivity contribution in [3.05, 3.63) is 12.2 Å². The zero-order valence-corrected chi connectivity index (χ0v) is 34.9. The summed E-state index contributed by atoms with van der Waals surface area (Å²) < 4.78 is 35.7. The molecular formula is C44H68O10. The van der Waals surface area contributed by atoms with Gasteiger partial charge in [-0.3, -0.25) is 19.2 Å². The Balaban J connectivity index is 1.28. The SMILES string of the molecule is C=C(C)[C@@H]1CC[C@]2(C)CC[C@]3(C)[C@H](CCC4[C@@]5(C)CC[C@@H](O[C@@H]6O[C@H](COC(C)=O)[C@@H](OC(C)=O)[C@H](OC(C)=O)[C@H]6OC(C)=O)C(C)(C)[C@@H]5CC[C@]43C)[C@@H]12. The van der Waals surface area contributed by atoms with Gasteiger partial charge in [0.15, 0.2) is 24.6 Å². The van der Waals surface area contributed by atoms with Crippen molar-refractivity contribution in [2.75, 3.05) is 6.61 Å². The predicted octanol–water partition coefficient (Wildman–Crippen LogP) is 8.13. The highest BCUT2D eigenvalue weighted by molar-refractivity contribution is 5.68. The van der Waals surface area contributed by atoms with Gasteiger partial charge in [0.2, 0.25) is 0 Å². The molecule has 1 saturated heterocycles.